The first-order chi connectivity index (χ1) is 18.6. The van der Waals surface area contributed by atoms with E-state index in [0.717, 1.165) is 30.0 Å². The zero-order chi connectivity index (χ0) is 28.0. The van der Waals surface area contributed by atoms with Crippen molar-refractivity contribution in [3.8, 4) is 28.8 Å². The Labute approximate surface area is 228 Å². The quantitative estimate of drug-likeness (QED) is 0.452. The van der Waals surface area contributed by atoms with Crippen LogP contribution in [-0.4, -0.2) is 59.6 Å². The fourth-order valence-electron chi connectivity index (χ4n) is 4.06. The van der Waals surface area contributed by atoms with Crippen LogP contribution in [-0.2, 0) is 9.47 Å². The number of aliphatic hydroxyl groups excluding tert-OH is 1. The summed E-state index contributed by atoms with van der Waals surface area (Å²) in [6.07, 6.45) is -1.50. The van der Waals surface area contributed by atoms with Crippen LogP contribution in [0, 0.1) is 18.3 Å². The zero-order valence-corrected chi connectivity index (χ0v) is 22.6. The molecular formula is C29H33N5O5. The molecule has 1 atom stereocenters. The van der Waals surface area contributed by atoms with Crippen LogP contribution < -0.4 is 15.0 Å². The van der Waals surface area contributed by atoms with Crippen LogP contribution in [0.25, 0.3) is 11.1 Å². The van der Waals surface area contributed by atoms with Crippen molar-refractivity contribution in [2.24, 2.45) is 0 Å². The highest BCUT2D eigenvalue weighted by Crippen LogP contribution is 2.35. The molecule has 1 amide bonds. The van der Waals surface area contributed by atoms with E-state index in [1.807, 2.05) is 25.1 Å². The van der Waals surface area contributed by atoms with Crippen molar-refractivity contribution in [3.63, 3.8) is 0 Å². The van der Waals surface area contributed by atoms with Gasteiger partial charge in [-0.2, -0.15) is 10.2 Å². The normalized spacial score (nSPS) is 14.3. The number of hydrogen-bond donors (Lipinski definition) is 2. The van der Waals surface area contributed by atoms with E-state index in [1.165, 1.54) is 0 Å². The molecule has 1 aliphatic rings. The van der Waals surface area contributed by atoms with E-state index in [2.05, 4.69) is 26.3 Å². The van der Waals surface area contributed by atoms with Crippen molar-refractivity contribution in [2.45, 2.75) is 39.4 Å². The maximum absolute atomic E-state index is 11.9. The number of benzene rings is 2. The molecule has 1 fully saturated rings. The molecule has 0 spiro atoms. The highest BCUT2D eigenvalue weighted by Gasteiger charge is 2.19. The Morgan fingerprint density at radius 2 is 1.87 bits per heavy atom. The molecule has 1 saturated heterocycles. The molecule has 39 heavy (non-hydrogen) atoms. The summed E-state index contributed by atoms with van der Waals surface area (Å²) >= 11 is 0. The number of amides is 1. The van der Waals surface area contributed by atoms with Gasteiger partial charge in [0.2, 0.25) is 5.88 Å². The van der Waals surface area contributed by atoms with Crippen molar-refractivity contribution in [3.05, 3.63) is 65.5 Å². The molecule has 0 aliphatic carbocycles. The topological polar surface area (TPSA) is 130 Å². The monoisotopic (exact) mass is 531 g/mol. The minimum absolute atomic E-state index is 0.0119. The predicted molar refractivity (Wildman–Crippen MR) is 146 cm³/mol. The lowest BCUT2D eigenvalue weighted by Gasteiger charge is -2.28. The Kier molecular flexibility index (Phi) is 8.64. The maximum Gasteiger partial charge on any atom is 0.407 e. The van der Waals surface area contributed by atoms with Crippen molar-refractivity contribution in [1.82, 2.24) is 15.3 Å². The summed E-state index contributed by atoms with van der Waals surface area (Å²) < 4.78 is 16.9. The SMILES string of the molecule is Cc1nc(Oc2cc(C#N)ccc2-c2ccc(C(O)CNC(=O)OC(C)(C)C)cc2)cc(N2CCOCC2)n1. The van der Waals surface area contributed by atoms with Crippen molar-refractivity contribution in [2.75, 3.05) is 37.7 Å². The molecule has 1 aliphatic heterocycles. The average Bonchev–Trinajstić information content (AvgIpc) is 2.91. The van der Waals surface area contributed by atoms with Crippen molar-refractivity contribution < 1.29 is 24.1 Å². The number of alkyl carbamates (subject to hydrolysis) is 1. The number of ether oxygens (including phenoxy) is 3. The fraction of sp³-hybridized carbons (Fsp3) is 0.379. The third-order valence-electron chi connectivity index (χ3n) is 5.91. The number of carbonyl (C=O) groups excluding carboxylic acids is 1. The fourth-order valence-corrected chi connectivity index (χ4v) is 4.06. The number of aromatic nitrogens is 2. The van der Waals surface area contributed by atoms with E-state index in [9.17, 15) is 15.2 Å². The second-order valence-electron chi connectivity index (χ2n) is 10.2. The minimum atomic E-state index is -0.911. The molecule has 4 rings (SSSR count). The third-order valence-corrected chi connectivity index (χ3v) is 5.91. The standard InChI is InChI=1S/C29H33N5O5/c1-19-32-26(34-11-13-37-14-12-34)16-27(33-19)38-25-15-20(17-30)5-10-23(25)21-6-8-22(9-7-21)24(35)18-31-28(36)39-29(2,3)4/h5-10,15-16,24,35H,11-14,18H2,1-4H3,(H,31,36). The number of carbonyl (C=O) groups is 1. The van der Waals surface area contributed by atoms with Crippen LogP contribution >= 0.6 is 0 Å². The van der Waals surface area contributed by atoms with Crippen LogP contribution in [0.15, 0.2) is 48.5 Å². The number of aliphatic hydroxyl groups is 1. The van der Waals surface area contributed by atoms with Crippen LogP contribution in [0.5, 0.6) is 11.6 Å². The highest BCUT2D eigenvalue weighted by molar-refractivity contribution is 5.72. The number of nitrogens with zero attached hydrogens (tertiary/aromatic N) is 4. The third kappa shape index (κ3) is 7.66. The molecule has 204 valence electrons. The maximum atomic E-state index is 11.9. The second-order valence-corrected chi connectivity index (χ2v) is 10.2. The summed E-state index contributed by atoms with van der Waals surface area (Å²) in [6, 6.07) is 16.4. The Balaban J connectivity index is 1.53. The molecule has 1 aromatic heterocycles. The molecular weight excluding hydrogens is 498 g/mol. The molecule has 2 aromatic carbocycles. The van der Waals surface area contributed by atoms with Gasteiger partial charge in [-0.05, 0) is 57.0 Å². The van der Waals surface area contributed by atoms with Crippen LogP contribution in [0.4, 0.5) is 10.6 Å². The van der Waals surface area contributed by atoms with Crippen LogP contribution in [0.2, 0.25) is 0 Å². The van der Waals surface area contributed by atoms with Crippen LogP contribution in [0.3, 0.4) is 0 Å². The first-order valence-electron chi connectivity index (χ1n) is 12.8. The Hall–Kier alpha value is -4.20. The van der Waals surface area contributed by atoms with Gasteiger partial charge in [-0.1, -0.05) is 24.3 Å². The van der Waals surface area contributed by atoms with Gasteiger partial charge in [-0.3, -0.25) is 0 Å². The first-order valence-corrected chi connectivity index (χ1v) is 12.8. The van der Waals surface area contributed by atoms with E-state index in [0.29, 0.717) is 41.8 Å². The van der Waals surface area contributed by atoms with Gasteiger partial charge in [-0.15, -0.1) is 0 Å². The van der Waals surface area contributed by atoms with Gasteiger partial charge >= 0.3 is 6.09 Å². The zero-order valence-electron chi connectivity index (χ0n) is 22.6. The average molecular weight is 532 g/mol. The molecule has 1 unspecified atom stereocenters. The largest absolute Gasteiger partial charge is 0.444 e. The highest BCUT2D eigenvalue weighted by atomic mass is 16.6. The summed E-state index contributed by atoms with van der Waals surface area (Å²) in [5.41, 5.74) is 2.04. The molecule has 0 bridgehead atoms. The minimum Gasteiger partial charge on any atom is -0.444 e. The Bertz CT molecular complexity index is 1340. The van der Waals surface area contributed by atoms with Gasteiger partial charge in [0, 0.05) is 24.7 Å². The number of rotatable bonds is 7. The lowest BCUT2D eigenvalue weighted by molar-refractivity contribution is 0.0491. The van der Waals surface area contributed by atoms with E-state index >= 15 is 0 Å². The van der Waals surface area contributed by atoms with Crippen molar-refractivity contribution >= 4 is 11.9 Å². The van der Waals surface area contributed by atoms with E-state index in [1.54, 1.807) is 51.1 Å². The van der Waals surface area contributed by atoms with Gasteiger partial charge in [0.05, 0.1) is 37.5 Å². The number of hydrogen-bond acceptors (Lipinski definition) is 9. The van der Waals surface area contributed by atoms with Gasteiger partial charge in [0.15, 0.2) is 0 Å². The molecule has 10 heteroatoms. The van der Waals surface area contributed by atoms with E-state index in [4.69, 9.17) is 14.2 Å². The van der Waals surface area contributed by atoms with Crippen LogP contribution in [0.1, 0.15) is 43.8 Å². The van der Waals surface area contributed by atoms with Gasteiger partial charge in [-0.25, -0.2) is 9.78 Å². The molecule has 10 nitrogen and oxygen atoms in total. The molecule has 0 radical (unpaired) electrons. The second kappa shape index (κ2) is 12.1. The summed E-state index contributed by atoms with van der Waals surface area (Å²) in [5.74, 6) is 2.18. The Morgan fingerprint density at radius 3 is 2.54 bits per heavy atom. The first kappa shape index (κ1) is 27.8. The number of nitriles is 1. The molecule has 2 heterocycles. The smallest absolute Gasteiger partial charge is 0.407 e. The number of aryl methyl sites for hydroxylation is 1. The summed E-state index contributed by atoms with van der Waals surface area (Å²) in [4.78, 5) is 23.0. The summed E-state index contributed by atoms with van der Waals surface area (Å²) in [6.45, 7) is 9.88. The lowest BCUT2D eigenvalue weighted by Crippen LogP contribution is -2.36. The number of nitrogens with one attached hydrogen (secondary N) is 1. The van der Waals surface area contributed by atoms with E-state index < -0.39 is 17.8 Å². The van der Waals surface area contributed by atoms with Gasteiger partial charge < -0.3 is 29.5 Å². The van der Waals surface area contributed by atoms with Gasteiger partial charge in [0.25, 0.3) is 0 Å². The molecule has 3 aromatic rings. The van der Waals surface area contributed by atoms with E-state index in [-0.39, 0.29) is 6.54 Å². The molecule has 0 saturated carbocycles. The summed E-state index contributed by atoms with van der Waals surface area (Å²) in [5, 5.41) is 22.6. The number of anilines is 1. The number of morpholine rings is 1. The lowest BCUT2D eigenvalue weighted by atomic mass is 10.00. The Morgan fingerprint density at radius 1 is 1.15 bits per heavy atom. The summed E-state index contributed by atoms with van der Waals surface area (Å²) in [7, 11) is 0. The molecule has 2 N–H and O–H groups in total. The van der Waals surface area contributed by atoms with Gasteiger partial charge in [0.1, 0.15) is 23.0 Å². The van der Waals surface area contributed by atoms with Crippen molar-refractivity contribution in [1.29, 1.82) is 5.26 Å². The predicted octanol–water partition coefficient (Wildman–Crippen LogP) is 4.51.